The molecule has 2 aliphatic heterocycles. The molecule has 2 aliphatic rings. The quantitative estimate of drug-likeness (QED) is 0.0853. The van der Waals surface area contributed by atoms with Crippen LogP contribution in [0.25, 0.3) is 43.1 Å². The number of benzene rings is 5. The Morgan fingerprint density at radius 1 is 0.522 bits per heavy atom. The first kappa shape index (κ1) is 30.9. The highest BCUT2D eigenvalue weighted by atomic mass is 35.5. The van der Waals surface area contributed by atoms with Crippen molar-refractivity contribution < 1.29 is 19.2 Å². The second kappa shape index (κ2) is 11.5. The van der Waals surface area contributed by atoms with Crippen molar-refractivity contribution in [3.8, 4) is 0 Å². The predicted octanol–water partition coefficient (Wildman–Crippen LogP) is 10.2. The van der Waals surface area contributed by atoms with Crippen LogP contribution in [0, 0.1) is 0 Å². The first-order valence-corrected chi connectivity index (χ1v) is 17.3. The first-order chi connectivity index (χ1) is 22.2. The van der Waals surface area contributed by atoms with Crippen molar-refractivity contribution in [3.63, 3.8) is 0 Å². The van der Waals surface area contributed by atoms with Gasteiger partial charge in [-0.05, 0) is 60.7 Å². The average Bonchev–Trinajstić information content (AvgIpc) is 3.05. The van der Waals surface area contributed by atoms with Gasteiger partial charge in [0.25, 0.3) is 23.6 Å². The van der Waals surface area contributed by atoms with Gasteiger partial charge >= 0.3 is 0 Å². The van der Waals surface area contributed by atoms with E-state index < -0.39 is 0 Å². The molecule has 0 N–H and O–H groups in total. The molecule has 2 heterocycles. The number of unbranched alkanes of at least 4 members (excludes halogenated alkanes) is 2. The summed E-state index contributed by atoms with van der Waals surface area (Å²) >= 11 is 14.2. The second-order valence-corrected chi connectivity index (χ2v) is 13.6. The number of hydrogen-bond donors (Lipinski definition) is 0. The number of imide groups is 2. The van der Waals surface area contributed by atoms with Crippen LogP contribution in [0.2, 0.25) is 10.0 Å². The molecule has 0 saturated carbocycles. The van der Waals surface area contributed by atoms with Crippen LogP contribution in [0.4, 0.5) is 0 Å². The number of amides is 4. The van der Waals surface area contributed by atoms with Crippen LogP contribution < -0.4 is 0 Å². The minimum atomic E-state index is -0.335. The van der Waals surface area contributed by atoms with E-state index in [4.69, 9.17) is 23.2 Å². The molecule has 0 aromatic heterocycles. The minimum absolute atomic E-state index is 0.204. The molecule has 6 nitrogen and oxygen atoms in total. The van der Waals surface area contributed by atoms with Crippen LogP contribution in [-0.4, -0.2) is 45.5 Å². The van der Waals surface area contributed by atoms with E-state index in [9.17, 15) is 19.2 Å². The van der Waals surface area contributed by atoms with Gasteiger partial charge in [-0.2, -0.15) is 0 Å². The lowest BCUT2D eigenvalue weighted by molar-refractivity contribution is 0.0508. The number of carbonyl (C=O) groups excluding carboxylic acids is 4. The zero-order chi connectivity index (χ0) is 32.6. The lowest BCUT2D eigenvalue weighted by atomic mass is 9.81. The van der Waals surface area contributed by atoms with E-state index in [-0.39, 0.29) is 35.7 Å². The van der Waals surface area contributed by atoms with Gasteiger partial charge in [0.15, 0.2) is 0 Å². The van der Waals surface area contributed by atoms with E-state index in [1.807, 2.05) is 26.0 Å². The molecular weight excluding hydrogens is 619 g/mol. The van der Waals surface area contributed by atoms with Crippen molar-refractivity contribution in [2.45, 2.75) is 91.1 Å². The molecule has 2 unspecified atom stereocenters. The molecular formula is C38H36Cl2N2O4. The molecule has 7 rings (SSSR count). The Balaban J connectivity index is 1.52. The largest absolute Gasteiger partial charge is 0.271 e. The summed E-state index contributed by atoms with van der Waals surface area (Å²) in [5.74, 6) is -1.27. The Bertz CT molecular complexity index is 1990. The lowest BCUT2D eigenvalue weighted by Gasteiger charge is -2.35. The van der Waals surface area contributed by atoms with Gasteiger partial charge in [0.2, 0.25) is 0 Å². The Kier molecular flexibility index (Phi) is 7.72. The van der Waals surface area contributed by atoms with Gasteiger partial charge in [-0.15, -0.1) is 0 Å². The highest BCUT2D eigenvalue weighted by Gasteiger charge is 2.41. The first-order valence-electron chi connectivity index (χ1n) is 16.5. The van der Waals surface area contributed by atoms with E-state index in [1.165, 1.54) is 9.80 Å². The summed E-state index contributed by atoms with van der Waals surface area (Å²) in [4.78, 5) is 59.1. The molecule has 2 atom stereocenters. The monoisotopic (exact) mass is 654 g/mol. The highest BCUT2D eigenvalue weighted by Crippen LogP contribution is 2.50. The van der Waals surface area contributed by atoms with Gasteiger partial charge in [0, 0.05) is 65.6 Å². The number of hydrogen-bond acceptors (Lipinski definition) is 4. The van der Waals surface area contributed by atoms with Crippen LogP contribution in [0.15, 0.2) is 36.4 Å². The van der Waals surface area contributed by atoms with Gasteiger partial charge < -0.3 is 0 Å². The fourth-order valence-corrected chi connectivity index (χ4v) is 8.59. The summed E-state index contributed by atoms with van der Waals surface area (Å²) < 4.78 is 0. The van der Waals surface area contributed by atoms with Gasteiger partial charge in [-0.3, -0.25) is 29.0 Å². The maximum absolute atomic E-state index is 14.1. The maximum atomic E-state index is 14.1. The third kappa shape index (κ3) is 4.15. The number of carbonyl (C=O) groups is 4. The van der Waals surface area contributed by atoms with E-state index in [0.29, 0.717) is 77.5 Å². The number of nitrogens with zero attached hydrogens (tertiary/aromatic N) is 2. The number of halogens is 2. The van der Waals surface area contributed by atoms with Gasteiger partial charge in [-0.1, -0.05) is 88.7 Å². The van der Waals surface area contributed by atoms with Crippen LogP contribution in [0.5, 0.6) is 0 Å². The third-order valence-electron chi connectivity index (χ3n) is 10.3. The van der Waals surface area contributed by atoms with Crippen molar-refractivity contribution >= 4 is 89.9 Å². The summed E-state index contributed by atoms with van der Waals surface area (Å²) in [6.07, 6.45) is 6.61. The molecule has 0 fully saturated rings. The smallest absolute Gasteiger partial charge is 0.261 e. The van der Waals surface area contributed by atoms with Crippen molar-refractivity contribution in [1.29, 1.82) is 0 Å². The molecule has 0 bridgehead atoms. The van der Waals surface area contributed by atoms with Crippen LogP contribution in [0.3, 0.4) is 0 Å². The van der Waals surface area contributed by atoms with Crippen LogP contribution in [-0.2, 0) is 0 Å². The van der Waals surface area contributed by atoms with Crippen molar-refractivity contribution in [2.24, 2.45) is 0 Å². The molecule has 5 aromatic carbocycles. The highest BCUT2D eigenvalue weighted by molar-refractivity contribution is 6.50. The average molecular weight is 656 g/mol. The standard InChI is InChI=1S/C38H36Cl2N2O4/c1-5-9-11-19(7-3)41-35(43)23-15-13-21-32-28(40)18-26-30-24(36(44)42(38(26)46)20(8-4)12-10-6-2)16-14-22(34(30)32)31-27(39)17-25(37(41)45)29(23)33(21)31/h13-20H,5-12H2,1-4H3. The molecule has 4 amide bonds. The van der Waals surface area contributed by atoms with Crippen molar-refractivity contribution in [2.75, 3.05) is 0 Å². The van der Waals surface area contributed by atoms with Gasteiger partial charge in [-0.25, -0.2) is 0 Å². The molecule has 8 heteroatoms. The lowest BCUT2D eigenvalue weighted by Crippen LogP contribution is -2.47. The normalized spacial score (nSPS) is 16.2. The zero-order valence-corrected chi connectivity index (χ0v) is 28.1. The van der Waals surface area contributed by atoms with Gasteiger partial charge in [0.05, 0.1) is 11.1 Å². The minimum Gasteiger partial charge on any atom is -0.271 e. The molecule has 0 spiro atoms. The zero-order valence-electron chi connectivity index (χ0n) is 26.6. The third-order valence-corrected chi connectivity index (χ3v) is 10.9. The summed E-state index contributed by atoms with van der Waals surface area (Å²) in [5, 5.41) is 6.07. The van der Waals surface area contributed by atoms with E-state index in [2.05, 4.69) is 13.8 Å². The summed E-state index contributed by atoms with van der Waals surface area (Å²) in [5.41, 5.74) is 1.73. The maximum Gasteiger partial charge on any atom is 0.261 e. The number of rotatable bonds is 10. The Labute approximate surface area is 277 Å². The van der Waals surface area contributed by atoms with Crippen LogP contribution in [0.1, 0.15) is 120 Å². The van der Waals surface area contributed by atoms with Crippen LogP contribution >= 0.6 is 23.2 Å². The Hall–Kier alpha value is -3.74. The summed E-state index contributed by atoms with van der Waals surface area (Å²) in [6, 6.07) is 10.3. The molecule has 46 heavy (non-hydrogen) atoms. The second-order valence-electron chi connectivity index (χ2n) is 12.8. The SMILES string of the molecule is CCCCC(CC)N1C(=O)c2ccc3c4c(Cl)cc5c6c(ccc(c7c(Cl)cc(c2c37)C1=O)c64)C(=O)N(C(CC)CCCC)C5=O. The Morgan fingerprint density at radius 2 is 0.891 bits per heavy atom. The molecule has 0 radical (unpaired) electrons. The van der Waals surface area contributed by atoms with E-state index in [0.717, 1.165) is 49.3 Å². The van der Waals surface area contributed by atoms with E-state index >= 15 is 0 Å². The Morgan fingerprint density at radius 3 is 1.24 bits per heavy atom. The van der Waals surface area contributed by atoms with E-state index in [1.54, 1.807) is 24.3 Å². The predicted molar refractivity (Wildman–Crippen MR) is 186 cm³/mol. The fraction of sp³-hybridized carbons (Fsp3) is 0.368. The van der Waals surface area contributed by atoms with Crippen molar-refractivity contribution in [3.05, 3.63) is 68.7 Å². The molecule has 5 aromatic rings. The molecule has 0 aliphatic carbocycles. The van der Waals surface area contributed by atoms with Crippen molar-refractivity contribution in [1.82, 2.24) is 9.80 Å². The molecule has 236 valence electrons. The summed E-state index contributed by atoms with van der Waals surface area (Å²) in [7, 11) is 0. The summed E-state index contributed by atoms with van der Waals surface area (Å²) in [6.45, 7) is 8.20. The number of fused-ring (bicyclic) bond motifs is 2. The van der Waals surface area contributed by atoms with Gasteiger partial charge in [0.1, 0.15) is 0 Å². The molecule has 0 saturated heterocycles. The fourth-order valence-electron chi connectivity index (χ4n) is 7.98. The topological polar surface area (TPSA) is 74.8 Å².